The summed E-state index contributed by atoms with van der Waals surface area (Å²) < 4.78 is 0. The van der Waals surface area contributed by atoms with Gasteiger partial charge in [-0.3, -0.25) is 0 Å². The number of hydrogen-bond donors (Lipinski definition) is 1. The predicted octanol–water partition coefficient (Wildman–Crippen LogP) is 2.49. The first-order valence-electron chi connectivity index (χ1n) is 5.25. The van der Waals surface area contributed by atoms with E-state index in [2.05, 4.69) is 41.7 Å². The number of nitrogens with one attached hydrogen (secondary N) is 1. The Morgan fingerprint density at radius 2 is 2.07 bits per heavy atom. The molecule has 0 spiro atoms. The summed E-state index contributed by atoms with van der Waals surface area (Å²) in [4.78, 5) is 0. The van der Waals surface area contributed by atoms with Gasteiger partial charge < -0.3 is 5.43 Å². The van der Waals surface area contributed by atoms with Crippen LogP contribution in [0.5, 0.6) is 0 Å². The smallest absolute Gasteiger partial charge is 0.0582 e. The third-order valence-corrected chi connectivity index (χ3v) is 2.56. The van der Waals surface area contributed by atoms with Gasteiger partial charge in [0.15, 0.2) is 0 Å². The van der Waals surface area contributed by atoms with Crippen LogP contribution in [0.3, 0.4) is 0 Å². The van der Waals surface area contributed by atoms with Crippen LogP contribution in [0.2, 0.25) is 0 Å². The van der Waals surface area contributed by atoms with E-state index in [1.807, 2.05) is 0 Å². The molecule has 0 amide bonds. The highest BCUT2D eigenvalue weighted by molar-refractivity contribution is 5.86. The fourth-order valence-corrected chi connectivity index (χ4v) is 1.83. The SMILES string of the molecule is CCCC1=NNCc2ccccc2C1. The van der Waals surface area contributed by atoms with Gasteiger partial charge >= 0.3 is 0 Å². The van der Waals surface area contributed by atoms with Crippen molar-refractivity contribution in [2.45, 2.75) is 32.7 Å². The van der Waals surface area contributed by atoms with Gasteiger partial charge in [0.05, 0.1) is 6.54 Å². The zero-order valence-corrected chi connectivity index (χ0v) is 8.59. The number of hydrogen-bond acceptors (Lipinski definition) is 2. The highest BCUT2D eigenvalue weighted by atomic mass is 15.3. The molecule has 0 unspecified atom stereocenters. The average molecular weight is 188 g/mol. The van der Waals surface area contributed by atoms with Crippen LogP contribution in [0, 0.1) is 0 Å². The largest absolute Gasteiger partial charge is 0.306 e. The minimum absolute atomic E-state index is 0.864. The second-order valence-corrected chi connectivity index (χ2v) is 3.71. The van der Waals surface area contributed by atoms with Gasteiger partial charge in [-0.2, -0.15) is 5.10 Å². The summed E-state index contributed by atoms with van der Waals surface area (Å²) in [6, 6.07) is 8.57. The lowest BCUT2D eigenvalue weighted by atomic mass is 10.0. The maximum Gasteiger partial charge on any atom is 0.0582 e. The molecule has 0 aromatic heterocycles. The topological polar surface area (TPSA) is 24.4 Å². The summed E-state index contributed by atoms with van der Waals surface area (Å²) in [6.07, 6.45) is 3.28. The molecule has 0 radical (unpaired) electrons. The number of nitrogens with zero attached hydrogens (tertiary/aromatic N) is 1. The van der Waals surface area contributed by atoms with Gasteiger partial charge in [-0.25, -0.2) is 0 Å². The third kappa shape index (κ3) is 1.95. The summed E-state index contributed by atoms with van der Waals surface area (Å²) in [6.45, 7) is 3.06. The number of fused-ring (bicyclic) bond motifs is 1. The summed E-state index contributed by atoms with van der Waals surface area (Å²) in [5.74, 6) is 0. The van der Waals surface area contributed by atoms with Crippen molar-refractivity contribution in [2.75, 3.05) is 0 Å². The van der Waals surface area contributed by atoms with Crippen molar-refractivity contribution >= 4 is 5.71 Å². The van der Waals surface area contributed by atoms with Gasteiger partial charge in [0.2, 0.25) is 0 Å². The van der Waals surface area contributed by atoms with Gasteiger partial charge in [0, 0.05) is 12.1 Å². The van der Waals surface area contributed by atoms with E-state index in [9.17, 15) is 0 Å². The standard InChI is InChI=1S/C12H16N2/c1-2-5-12-8-10-6-3-4-7-11(10)9-13-14-12/h3-4,6-7,13H,2,5,8-9H2,1H3. The Balaban J connectivity index is 2.21. The zero-order chi connectivity index (χ0) is 9.80. The predicted molar refractivity (Wildman–Crippen MR) is 59.3 cm³/mol. The van der Waals surface area contributed by atoms with Crippen LogP contribution < -0.4 is 5.43 Å². The summed E-state index contributed by atoms with van der Waals surface area (Å²) in [5, 5.41) is 4.39. The van der Waals surface area contributed by atoms with Crippen molar-refractivity contribution in [1.82, 2.24) is 5.43 Å². The van der Waals surface area contributed by atoms with Gasteiger partial charge in [0.25, 0.3) is 0 Å². The van der Waals surface area contributed by atoms with Crippen LogP contribution in [0.15, 0.2) is 29.4 Å². The van der Waals surface area contributed by atoms with E-state index in [1.54, 1.807) is 0 Å². The molecule has 0 atom stereocenters. The molecular formula is C12H16N2. The van der Waals surface area contributed by atoms with Crippen molar-refractivity contribution in [3.8, 4) is 0 Å². The molecule has 2 rings (SSSR count). The van der Waals surface area contributed by atoms with E-state index in [-0.39, 0.29) is 0 Å². The Labute approximate surface area is 85.0 Å². The molecule has 0 fully saturated rings. The Bertz CT molecular complexity index is 342. The molecule has 1 aromatic rings. The van der Waals surface area contributed by atoms with Crippen molar-refractivity contribution < 1.29 is 0 Å². The second kappa shape index (κ2) is 4.27. The first-order chi connectivity index (χ1) is 6.90. The van der Waals surface area contributed by atoms with E-state index < -0.39 is 0 Å². The quantitative estimate of drug-likeness (QED) is 0.757. The minimum atomic E-state index is 0.864. The fraction of sp³-hybridized carbons (Fsp3) is 0.417. The second-order valence-electron chi connectivity index (χ2n) is 3.71. The summed E-state index contributed by atoms with van der Waals surface area (Å²) in [5.41, 5.74) is 7.20. The fourth-order valence-electron chi connectivity index (χ4n) is 1.83. The Morgan fingerprint density at radius 3 is 2.86 bits per heavy atom. The van der Waals surface area contributed by atoms with Crippen LogP contribution in [0.4, 0.5) is 0 Å². The summed E-state index contributed by atoms with van der Waals surface area (Å²) >= 11 is 0. The molecule has 0 saturated carbocycles. The highest BCUT2D eigenvalue weighted by Crippen LogP contribution is 2.14. The first kappa shape index (κ1) is 9.25. The van der Waals surface area contributed by atoms with Crippen LogP contribution >= 0.6 is 0 Å². The molecule has 1 aromatic carbocycles. The number of hydrazone groups is 1. The van der Waals surface area contributed by atoms with E-state index in [1.165, 1.54) is 23.3 Å². The molecule has 0 bridgehead atoms. The van der Waals surface area contributed by atoms with Crippen molar-refractivity contribution in [3.63, 3.8) is 0 Å². The van der Waals surface area contributed by atoms with Crippen LogP contribution in [0.1, 0.15) is 30.9 Å². The molecule has 0 saturated heterocycles. The maximum absolute atomic E-state index is 4.39. The molecule has 1 N–H and O–H groups in total. The van der Waals surface area contributed by atoms with Crippen molar-refractivity contribution in [1.29, 1.82) is 0 Å². The lowest BCUT2D eigenvalue weighted by Crippen LogP contribution is -2.06. The molecule has 0 aliphatic carbocycles. The molecule has 1 heterocycles. The van der Waals surface area contributed by atoms with E-state index in [4.69, 9.17) is 0 Å². The average Bonchev–Trinajstić information content (AvgIpc) is 2.40. The number of rotatable bonds is 2. The van der Waals surface area contributed by atoms with Gasteiger partial charge in [0.1, 0.15) is 0 Å². The van der Waals surface area contributed by atoms with Gasteiger partial charge in [-0.1, -0.05) is 37.6 Å². The van der Waals surface area contributed by atoms with Crippen LogP contribution in [-0.4, -0.2) is 5.71 Å². The van der Waals surface area contributed by atoms with Crippen molar-refractivity contribution in [3.05, 3.63) is 35.4 Å². The first-order valence-corrected chi connectivity index (χ1v) is 5.25. The van der Waals surface area contributed by atoms with Crippen molar-refractivity contribution in [2.24, 2.45) is 5.10 Å². The molecule has 74 valence electrons. The zero-order valence-electron chi connectivity index (χ0n) is 8.59. The third-order valence-electron chi connectivity index (χ3n) is 2.56. The maximum atomic E-state index is 4.39. The van der Waals surface area contributed by atoms with E-state index in [0.717, 1.165) is 19.4 Å². The summed E-state index contributed by atoms with van der Waals surface area (Å²) in [7, 11) is 0. The number of benzene rings is 1. The van der Waals surface area contributed by atoms with Crippen LogP contribution in [-0.2, 0) is 13.0 Å². The van der Waals surface area contributed by atoms with Crippen LogP contribution in [0.25, 0.3) is 0 Å². The Morgan fingerprint density at radius 1 is 1.29 bits per heavy atom. The molecule has 1 aliphatic rings. The molecule has 2 nitrogen and oxygen atoms in total. The lowest BCUT2D eigenvalue weighted by molar-refractivity contribution is 0.744. The molecule has 2 heteroatoms. The Kier molecular flexibility index (Phi) is 2.82. The van der Waals surface area contributed by atoms with Gasteiger partial charge in [-0.05, 0) is 17.5 Å². The molecule has 1 aliphatic heterocycles. The lowest BCUT2D eigenvalue weighted by Gasteiger charge is -2.04. The highest BCUT2D eigenvalue weighted by Gasteiger charge is 2.08. The minimum Gasteiger partial charge on any atom is -0.306 e. The van der Waals surface area contributed by atoms with Gasteiger partial charge in [-0.15, -0.1) is 0 Å². The van der Waals surface area contributed by atoms with E-state index >= 15 is 0 Å². The van der Waals surface area contributed by atoms with E-state index in [0.29, 0.717) is 0 Å². The monoisotopic (exact) mass is 188 g/mol. The Hall–Kier alpha value is -1.31. The molecule has 14 heavy (non-hydrogen) atoms. The molecular weight excluding hydrogens is 172 g/mol. The normalized spacial score (nSPS) is 15.1.